The van der Waals surface area contributed by atoms with Crippen LogP contribution in [0.15, 0.2) is 24.3 Å². The SMILES string of the molecule is COc1ccc([C@H](C#N)C(=O)C2CC2)cc1. The van der Waals surface area contributed by atoms with Gasteiger partial charge in [-0.3, -0.25) is 4.79 Å². The fraction of sp³-hybridized carbons (Fsp3) is 0.385. The Hall–Kier alpha value is -1.82. The smallest absolute Gasteiger partial charge is 0.157 e. The highest BCUT2D eigenvalue weighted by Gasteiger charge is 2.35. The largest absolute Gasteiger partial charge is 0.497 e. The molecule has 0 aliphatic heterocycles. The minimum absolute atomic E-state index is 0.0627. The Labute approximate surface area is 94.6 Å². The molecule has 2 rings (SSSR count). The monoisotopic (exact) mass is 215 g/mol. The fourth-order valence-electron chi connectivity index (χ4n) is 1.70. The molecule has 0 aromatic heterocycles. The van der Waals surface area contributed by atoms with E-state index >= 15 is 0 Å². The molecular weight excluding hydrogens is 202 g/mol. The molecule has 16 heavy (non-hydrogen) atoms. The summed E-state index contributed by atoms with van der Waals surface area (Å²) in [4.78, 5) is 11.8. The summed E-state index contributed by atoms with van der Waals surface area (Å²) in [5.41, 5.74) is 0.764. The molecule has 1 aromatic rings. The highest BCUT2D eigenvalue weighted by Crippen LogP contribution is 2.35. The van der Waals surface area contributed by atoms with Crippen LogP contribution >= 0.6 is 0 Å². The van der Waals surface area contributed by atoms with Gasteiger partial charge in [-0.1, -0.05) is 12.1 Å². The van der Waals surface area contributed by atoms with E-state index in [-0.39, 0.29) is 11.7 Å². The summed E-state index contributed by atoms with van der Waals surface area (Å²) in [7, 11) is 1.59. The second-order valence-corrected chi connectivity index (χ2v) is 4.01. The maximum Gasteiger partial charge on any atom is 0.157 e. The van der Waals surface area contributed by atoms with Crippen LogP contribution in [-0.4, -0.2) is 12.9 Å². The topological polar surface area (TPSA) is 50.1 Å². The summed E-state index contributed by atoms with van der Waals surface area (Å²) in [5.74, 6) is 0.303. The first kappa shape index (κ1) is 10.7. The number of hydrogen-bond donors (Lipinski definition) is 0. The molecule has 1 aliphatic carbocycles. The van der Waals surface area contributed by atoms with Crippen molar-refractivity contribution in [1.82, 2.24) is 0 Å². The van der Waals surface area contributed by atoms with Crippen molar-refractivity contribution in [2.75, 3.05) is 7.11 Å². The van der Waals surface area contributed by atoms with Gasteiger partial charge in [-0.2, -0.15) is 5.26 Å². The summed E-state index contributed by atoms with van der Waals surface area (Å²) in [6.45, 7) is 0. The van der Waals surface area contributed by atoms with Gasteiger partial charge in [0.25, 0.3) is 0 Å². The number of ether oxygens (including phenoxy) is 1. The van der Waals surface area contributed by atoms with Gasteiger partial charge in [0.2, 0.25) is 0 Å². The standard InChI is InChI=1S/C13H13NO2/c1-16-11-6-4-9(5-7-11)12(8-14)13(15)10-2-3-10/h4-7,10,12H,2-3H2,1H3/t12-/m0/s1. The van der Waals surface area contributed by atoms with E-state index in [1.807, 2.05) is 0 Å². The summed E-state index contributed by atoms with van der Waals surface area (Å²) in [6.07, 6.45) is 1.88. The summed E-state index contributed by atoms with van der Waals surface area (Å²) in [6, 6.07) is 9.21. The lowest BCUT2D eigenvalue weighted by atomic mass is 9.93. The maximum atomic E-state index is 11.8. The van der Waals surface area contributed by atoms with Gasteiger partial charge in [-0.15, -0.1) is 0 Å². The van der Waals surface area contributed by atoms with Crippen LogP contribution < -0.4 is 4.74 Å². The summed E-state index contributed by atoms with van der Waals surface area (Å²) in [5, 5.41) is 9.05. The van der Waals surface area contributed by atoms with E-state index in [2.05, 4.69) is 6.07 Å². The van der Waals surface area contributed by atoms with E-state index in [0.29, 0.717) is 0 Å². The van der Waals surface area contributed by atoms with Gasteiger partial charge in [0.05, 0.1) is 13.2 Å². The van der Waals surface area contributed by atoms with Gasteiger partial charge >= 0.3 is 0 Å². The average molecular weight is 215 g/mol. The van der Waals surface area contributed by atoms with E-state index in [0.717, 1.165) is 24.2 Å². The number of rotatable bonds is 4. The number of ketones is 1. The van der Waals surface area contributed by atoms with Crippen LogP contribution in [0.2, 0.25) is 0 Å². The maximum absolute atomic E-state index is 11.8. The summed E-state index contributed by atoms with van der Waals surface area (Å²) < 4.78 is 5.03. The molecule has 1 aliphatic rings. The lowest BCUT2D eigenvalue weighted by molar-refractivity contribution is -0.120. The number of carbonyl (C=O) groups is 1. The molecule has 0 saturated heterocycles. The Morgan fingerprint density at radius 1 is 1.44 bits per heavy atom. The Balaban J connectivity index is 2.19. The second kappa shape index (κ2) is 4.36. The second-order valence-electron chi connectivity index (χ2n) is 4.01. The van der Waals surface area contributed by atoms with Crippen LogP contribution in [0.1, 0.15) is 24.3 Å². The molecule has 1 atom stereocenters. The molecule has 1 fully saturated rings. The normalized spacial score (nSPS) is 16.2. The highest BCUT2D eigenvalue weighted by atomic mass is 16.5. The van der Waals surface area contributed by atoms with Crippen molar-refractivity contribution in [3.8, 4) is 11.8 Å². The first-order valence-electron chi connectivity index (χ1n) is 5.33. The van der Waals surface area contributed by atoms with Crippen molar-refractivity contribution < 1.29 is 9.53 Å². The van der Waals surface area contributed by atoms with E-state index in [9.17, 15) is 4.79 Å². The van der Waals surface area contributed by atoms with Gasteiger partial charge in [0, 0.05) is 5.92 Å². The van der Waals surface area contributed by atoms with Gasteiger partial charge < -0.3 is 4.74 Å². The van der Waals surface area contributed by atoms with Gasteiger partial charge in [0.15, 0.2) is 5.78 Å². The van der Waals surface area contributed by atoms with Gasteiger partial charge in [-0.05, 0) is 30.5 Å². The van der Waals surface area contributed by atoms with Crippen LogP contribution in [0.25, 0.3) is 0 Å². The molecule has 3 heteroatoms. The Morgan fingerprint density at radius 2 is 2.06 bits per heavy atom. The van der Waals surface area contributed by atoms with Crippen LogP contribution in [-0.2, 0) is 4.79 Å². The number of methoxy groups -OCH3 is 1. The minimum Gasteiger partial charge on any atom is -0.497 e. The molecule has 1 aromatic carbocycles. The van der Waals surface area contributed by atoms with Crippen LogP contribution in [0, 0.1) is 17.2 Å². The average Bonchev–Trinajstić information content (AvgIpc) is 3.14. The molecule has 1 saturated carbocycles. The third-order valence-corrected chi connectivity index (χ3v) is 2.84. The molecule has 0 bridgehead atoms. The number of Topliss-reactive ketones (excluding diaryl/α,β-unsaturated/α-hetero) is 1. The van der Waals surface area contributed by atoms with E-state index in [4.69, 9.17) is 10.00 Å². The first-order chi connectivity index (χ1) is 7.76. The van der Waals surface area contributed by atoms with Crippen LogP contribution in [0.3, 0.4) is 0 Å². The zero-order valence-corrected chi connectivity index (χ0v) is 9.14. The third kappa shape index (κ3) is 2.06. The van der Waals surface area contributed by atoms with Crippen molar-refractivity contribution in [3.63, 3.8) is 0 Å². The molecule has 0 amide bonds. The van der Waals surface area contributed by atoms with E-state index < -0.39 is 5.92 Å². The predicted molar refractivity (Wildman–Crippen MR) is 59.1 cm³/mol. The Bertz CT molecular complexity index is 426. The molecule has 0 spiro atoms. The van der Waals surface area contributed by atoms with Crippen LogP contribution in [0.4, 0.5) is 0 Å². The molecule has 0 heterocycles. The van der Waals surface area contributed by atoms with Gasteiger partial charge in [-0.25, -0.2) is 0 Å². The van der Waals surface area contributed by atoms with E-state index in [1.54, 1.807) is 31.4 Å². The number of nitriles is 1. The number of nitrogens with zero attached hydrogens (tertiary/aromatic N) is 1. The molecule has 82 valence electrons. The quantitative estimate of drug-likeness (QED) is 0.774. The Kier molecular flexibility index (Phi) is 2.91. The van der Waals surface area contributed by atoms with Gasteiger partial charge in [0.1, 0.15) is 11.7 Å². The lowest BCUT2D eigenvalue weighted by Crippen LogP contribution is -2.12. The zero-order chi connectivity index (χ0) is 11.5. The van der Waals surface area contributed by atoms with Crippen molar-refractivity contribution >= 4 is 5.78 Å². The number of carbonyl (C=O) groups excluding carboxylic acids is 1. The fourth-order valence-corrected chi connectivity index (χ4v) is 1.70. The first-order valence-corrected chi connectivity index (χ1v) is 5.33. The third-order valence-electron chi connectivity index (χ3n) is 2.84. The molecule has 3 nitrogen and oxygen atoms in total. The van der Waals surface area contributed by atoms with Crippen molar-refractivity contribution in [2.24, 2.45) is 5.92 Å². The van der Waals surface area contributed by atoms with Crippen molar-refractivity contribution in [1.29, 1.82) is 5.26 Å². The molecular formula is C13H13NO2. The predicted octanol–water partition coefficient (Wildman–Crippen LogP) is 2.28. The molecule has 0 unspecified atom stereocenters. The zero-order valence-electron chi connectivity index (χ0n) is 9.14. The Morgan fingerprint density at radius 3 is 2.50 bits per heavy atom. The highest BCUT2D eigenvalue weighted by molar-refractivity contribution is 5.92. The molecule has 0 radical (unpaired) electrons. The van der Waals surface area contributed by atoms with E-state index in [1.165, 1.54) is 0 Å². The minimum atomic E-state index is -0.613. The number of hydrogen-bond acceptors (Lipinski definition) is 3. The van der Waals surface area contributed by atoms with Crippen LogP contribution in [0.5, 0.6) is 5.75 Å². The lowest BCUT2D eigenvalue weighted by Gasteiger charge is -2.08. The van der Waals surface area contributed by atoms with Crippen molar-refractivity contribution in [2.45, 2.75) is 18.8 Å². The number of benzene rings is 1. The van der Waals surface area contributed by atoms with Crippen molar-refractivity contribution in [3.05, 3.63) is 29.8 Å². The summed E-state index contributed by atoms with van der Waals surface area (Å²) >= 11 is 0. The molecule has 0 N–H and O–H groups in total.